The summed E-state index contributed by atoms with van der Waals surface area (Å²) >= 11 is 19.3. The standard InChI is InChI=1S/C28H23Cl3N6O4/c1-14-33-13-37(36-14)17-8-20(30)26(21(31)9-17)28(40)32-12-18(16-5-3-4-15(6-16)7-25(38)39)27-34-22-10-19(29)24(41-2)11-23(22)35-27/h3-6,8-11,13,18H,7,12H2,1-2H3,(H,32,40)(H,34,35)(H,38,39). The number of rotatable bonds is 9. The molecule has 1 unspecified atom stereocenters. The van der Waals surface area contributed by atoms with Gasteiger partial charge >= 0.3 is 5.97 Å². The molecule has 13 heteroatoms. The summed E-state index contributed by atoms with van der Waals surface area (Å²) in [6.45, 7) is 1.85. The molecule has 0 saturated heterocycles. The fourth-order valence-electron chi connectivity index (χ4n) is 4.48. The third kappa shape index (κ3) is 6.14. The van der Waals surface area contributed by atoms with Crippen LogP contribution in [0.1, 0.15) is 39.1 Å². The van der Waals surface area contributed by atoms with Crippen molar-refractivity contribution in [3.05, 3.63) is 98.3 Å². The fraction of sp³-hybridized carbons (Fsp3) is 0.179. The van der Waals surface area contributed by atoms with Crippen LogP contribution in [0.2, 0.25) is 15.1 Å². The molecule has 5 rings (SSSR count). The normalized spacial score (nSPS) is 11.9. The summed E-state index contributed by atoms with van der Waals surface area (Å²) in [6.07, 6.45) is 1.37. The summed E-state index contributed by atoms with van der Waals surface area (Å²) in [5.74, 6) is -0.353. The molecule has 210 valence electrons. The molecule has 0 spiro atoms. The number of fused-ring (bicyclic) bond motifs is 1. The number of nitrogens with one attached hydrogen (secondary N) is 2. The second-order valence-electron chi connectivity index (χ2n) is 9.22. The van der Waals surface area contributed by atoms with Gasteiger partial charge in [-0.15, -0.1) is 0 Å². The number of ether oxygens (including phenoxy) is 1. The van der Waals surface area contributed by atoms with Gasteiger partial charge in [-0.2, -0.15) is 5.10 Å². The molecule has 0 aliphatic heterocycles. The number of hydrogen-bond acceptors (Lipinski definition) is 6. The molecule has 0 radical (unpaired) electrons. The van der Waals surface area contributed by atoms with Gasteiger partial charge in [-0.25, -0.2) is 14.6 Å². The number of benzene rings is 3. The number of nitrogens with zero attached hydrogens (tertiary/aromatic N) is 4. The number of aromatic amines is 1. The first-order chi connectivity index (χ1) is 19.6. The summed E-state index contributed by atoms with van der Waals surface area (Å²) in [5.41, 5.74) is 3.31. The van der Waals surface area contributed by atoms with Crippen molar-refractivity contribution >= 4 is 57.7 Å². The van der Waals surface area contributed by atoms with Crippen LogP contribution < -0.4 is 10.1 Å². The number of aliphatic carboxylic acids is 1. The van der Waals surface area contributed by atoms with Crippen molar-refractivity contribution in [3.8, 4) is 11.4 Å². The van der Waals surface area contributed by atoms with Crippen LogP contribution in [-0.2, 0) is 11.2 Å². The smallest absolute Gasteiger partial charge is 0.307 e. The quantitative estimate of drug-likeness (QED) is 0.197. The summed E-state index contributed by atoms with van der Waals surface area (Å²) in [4.78, 5) is 36.8. The second kappa shape index (κ2) is 11.8. The minimum absolute atomic E-state index is 0.0940. The zero-order chi connectivity index (χ0) is 29.3. The predicted octanol–water partition coefficient (Wildman–Crippen LogP) is 5.61. The highest BCUT2D eigenvalue weighted by Gasteiger charge is 2.23. The van der Waals surface area contributed by atoms with Crippen LogP contribution >= 0.6 is 34.8 Å². The molecular weight excluding hydrogens is 591 g/mol. The molecule has 1 atom stereocenters. The van der Waals surface area contributed by atoms with Gasteiger partial charge in [0.05, 0.1) is 56.8 Å². The highest BCUT2D eigenvalue weighted by molar-refractivity contribution is 6.40. The lowest BCUT2D eigenvalue weighted by molar-refractivity contribution is -0.136. The number of carboxylic acid groups (broad SMARTS) is 1. The minimum atomic E-state index is -0.953. The number of carbonyl (C=O) groups excluding carboxylic acids is 1. The maximum atomic E-state index is 13.4. The van der Waals surface area contributed by atoms with Crippen LogP contribution in [-0.4, -0.2) is 55.4 Å². The van der Waals surface area contributed by atoms with Crippen LogP contribution in [0, 0.1) is 6.92 Å². The van der Waals surface area contributed by atoms with Crippen LogP contribution in [0.25, 0.3) is 16.7 Å². The first-order valence-electron chi connectivity index (χ1n) is 12.3. The number of amides is 1. The molecule has 5 aromatic rings. The third-order valence-electron chi connectivity index (χ3n) is 6.40. The summed E-state index contributed by atoms with van der Waals surface area (Å²) in [5, 5.41) is 17.2. The molecule has 0 fully saturated rings. The Labute approximate surface area is 249 Å². The van der Waals surface area contributed by atoms with Gasteiger partial charge in [-0.1, -0.05) is 59.1 Å². The van der Waals surface area contributed by atoms with Crippen LogP contribution in [0.3, 0.4) is 0 Å². The Morgan fingerprint density at radius 1 is 1.10 bits per heavy atom. The van der Waals surface area contributed by atoms with Gasteiger partial charge < -0.3 is 20.1 Å². The third-order valence-corrected chi connectivity index (χ3v) is 7.30. The number of aromatic nitrogens is 5. The summed E-state index contributed by atoms with van der Waals surface area (Å²) in [6, 6.07) is 13.7. The number of H-pyrrole nitrogens is 1. The highest BCUT2D eigenvalue weighted by Crippen LogP contribution is 2.32. The van der Waals surface area contributed by atoms with E-state index in [9.17, 15) is 14.7 Å². The molecule has 3 aromatic carbocycles. The van der Waals surface area contributed by atoms with Gasteiger partial charge in [0.25, 0.3) is 5.91 Å². The van der Waals surface area contributed by atoms with E-state index >= 15 is 0 Å². The van der Waals surface area contributed by atoms with Gasteiger partial charge in [0.2, 0.25) is 0 Å². The molecule has 41 heavy (non-hydrogen) atoms. The topological polar surface area (TPSA) is 135 Å². The van der Waals surface area contributed by atoms with E-state index in [0.29, 0.717) is 44.7 Å². The zero-order valence-electron chi connectivity index (χ0n) is 21.8. The van der Waals surface area contributed by atoms with E-state index in [-0.39, 0.29) is 28.6 Å². The van der Waals surface area contributed by atoms with Crippen molar-refractivity contribution in [1.29, 1.82) is 0 Å². The van der Waals surface area contributed by atoms with Gasteiger partial charge in [0.1, 0.15) is 23.7 Å². The zero-order valence-corrected chi connectivity index (χ0v) is 24.1. The van der Waals surface area contributed by atoms with Crippen molar-refractivity contribution in [1.82, 2.24) is 30.0 Å². The maximum absolute atomic E-state index is 13.4. The SMILES string of the molecule is COc1cc2nc(C(CNC(=O)c3c(Cl)cc(-n4cnc(C)n4)cc3Cl)c3cccc(CC(=O)O)c3)[nH]c2cc1Cl. The van der Waals surface area contributed by atoms with Crippen LogP contribution in [0.15, 0.2) is 54.9 Å². The lowest BCUT2D eigenvalue weighted by Gasteiger charge is -2.18. The first-order valence-corrected chi connectivity index (χ1v) is 13.5. The van der Waals surface area contributed by atoms with Gasteiger partial charge in [0.15, 0.2) is 0 Å². The van der Waals surface area contributed by atoms with Gasteiger partial charge in [0, 0.05) is 12.6 Å². The fourth-order valence-corrected chi connectivity index (χ4v) is 5.37. The minimum Gasteiger partial charge on any atom is -0.495 e. The number of carbonyl (C=O) groups is 2. The van der Waals surface area contributed by atoms with Crippen molar-refractivity contribution in [3.63, 3.8) is 0 Å². The van der Waals surface area contributed by atoms with E-state index in [1.54, 1.807) is 49.4 Å². The molecular formula is C28H23Cl3N6O4. The predicted molar refractivity (Wildman–Crippen MR) is 156 cm³/mol. The van der Waals surface area contributed by atoms with E-state index in [0.717, 1.165) is 5.56 Å². The van der Waals surface area contributed by atoms with Gasteiger partial charge in [-0.05, 0) is 36.2 Å². The molecule has 0 bridgehead atoms. The van der Waals surface area contributed by atoms with E-state index in [1.165, 1.54) is 18.1 Å². The maximum Gasteiger partial charge on any atom is 0.307 e. The Bertz CT molecular complexity index is 1760. The molecule has 0 aliphatic carbocycles. The van der Waals surface area contributed by atoms with Crippen molar-refractivity contribution in [2.24, 2.45) is 0 Å². The average Bonchev–Trinajstić information content (AvgIpc) is 3.53. The number of carboxylic acids is 1. The number of imidazole rings is 1. The number of hydrogen-bond donors (Lipinski definition) is 3. The van der Waals surface area contributed by atoms with E-state index < -0.39 is 17.8 Å². The molecule has 3 N–H and O–H groups in total. The van der Waals surface area contributed by atoms with Gasteiger partial charge in [-0.3, -0.25) is 9.59 Å². The lowest BCUT2D eigenvalue weighted by atomic mass is 9.95. The largest absolute Gasteiger partial charge is 0.495 e. The van der Waals surface area contributed by atoms with E-state index in [2.05, 4.69) is 20.4 Å². The van der Waals surface area contributed by atoms with Crippen molar-refractivity contribution < 1.29 is 19.4 Å². The Morgan fingerprint density at radius 2 is 1.85 bits per heavy atom. The van der Waals surface area contributed by atoms with Crippen LogP contribution in [0.4, 0.5) is 0 Å². The molecule has 2 heterocycles. The molecule has 0 saturated carbocycles. The summed E-state index contributed by atoms with van der Waals surface area (Å²) in [7, 11) is 1.52. The number of halogens is 3. The highest BCUT2D eigenvalue weighted by atomic mass is 35.5. The Morgan fingerprint density at radius 3 is 2.51 bits per heavy atom. The summed E-state index contributed by atoms with van der Waals surface area (Å²) < 4.78 is 6.83. The molecule has 2 aromatic heterocycles. The van der Waals surface area contributed by atoms with E-state index in [1.807, 2.05) is 6.07 Å². The van der Waals surface area contributed by atoms with Crippen LogP contribution in [0.5, 0.6) is 5.75 Å². The average molecular weight is 614 g/mol. The Balaban J connectivity index is 1.47. The second-order valence-corrected chi connectivity index (χ2v) is 10.4. The number of aryl methyl sites for hydroxylation is 1. The Kier molecular flexibility index (Phi) is 8.16. The molecule has 1 amide bonds. The number of methoxy groups -OCH3 is 1. The van der Waals surface area contributed by atoms with Crippen molar-refractivity contribution in [2.75, 3.05) is 13.7 Å². The molecule has 0 aliphatic rings. The van der Waals surface area contributed by atoms with E-state index in [4.69, 9.17) is 44.5 Å². The van der Waals surface area contributed by atoms with Crippen molar-refractivity contribution in [2.45, 2.75) is 19.3 Å². The Hall–Kier alpha value is -4.12. The monoisotopic (exact) mass is 612 g/mol. The molecule has 10 nitrogen and oxygen atoms in total. The first kappa shape index (κ1) is 28.4. The lowest BCUT2D eigenvalue weighted by Crippen LogP contribution is -2.30.